The van der Waals surface area contributed by atoms with Crippen molar-refractivity contribution in [3.05, 3.63) is 131 Å². The van der Waals surface area contributed by atoms with Crippen LogP contribution in [0.3, 0.4) is 0 Å². The van der Waals surface area contributed by atoms with Crippen molar-refractivity contribution in [3.63, 3.8) is 0 Å². The summed E-state index contributed by atoms with van der Waals surface area (Å²) in [6.45, 7) is 4.35. The molecule has 6 nitrogen and oxygen atoms in total. The van der Waals surface area contributed by atoms with Gasteiger partial charge in [-0.2, -0.15) is 5.26 Å². The van der Waals surface area contributed by atoms with Crippen LogP contribution in [0.2, 0.25) is 0 Å². The smallest absolute Gasteiger partial charge is 0.266 e. The molecule has 1 aliphatic rings. The van der Waals surface area contributed by atoms with Gasteiger partial charge in [0.2, 0.25) is 5.91 Å². The maximum Gasteiger partial charge on any atom is 0.266 e. The molecule has 4 aromatic carbocycles. The van der Waals surface area contributed by atoms with Gasteiger partial charge >= 0.3 is 0 Å². The van der Waals surface area contributed by atoms with E-state index in [2.05, 4.69) is 24.0 Å². The first kappa shape index (κ1) is 31.0. The Balaban J connectivity index is 1.80. The molecule has 0 aliphatic carbocycles. The standard InChI is InChI=1S/C39H37N3O3/c1-4-5-6-12-25-41(32-21-23-33(45-3)24-22-32)37(31-19-17-29(27-40)18-20-31)26-35(30-13-8-7-9-14-30)38-34-15-10-11-16-36(34)42(28(2)43)39(38)44/h7-11,13-24,26H,4-6,12,25H2,1-3H3/b37-26-,38-35-. The van der Waals surface area contributed by atoms with Gasteiger partial charge in [0.05, 0.1) is 30.0 Å². The molecule has 4 aromatic rings. The van der Waals surface area contributed by atoms with Gasteiger partial charge in [0, 0.05) is 30.4 Å². The second kappa shape index (κ2) is 14.4. The Hall–Kier alpha value is -5.41. The number of para-hydroxylation sites is 1. The van der Waals surface area contributed by atoms with E-state index in [1.54, 1.807) is 7.11 Å². The average molecular weight is 596 g/mol. The second-order valence-electron chi connectivity index (χ2n) is 11.0. The van der Waals surface area contributed by atoms with E-state index in [9.17, 15) is 14.9 Å². The summed E-state index contributed by atoms with van der Waals surface area (Å²) in [6.07, 6.45) is 6.37. The van der Waals surface area contributed by atoms with Crippen LogP contribution in [0.4, 0.5) is 11.4 Å². The van der Waals surface area contributed by atoms with Crippen molar-refractivity contribution in [1.82, 2.24) is 0 Å². The largest absolute Gasteiger partial charge is 0.497 e. The van der Waals surface area contributed by atoms with Crippen molar-refractivity contribution in [2.75, 3.05) is 23.5 Å². The van der Waals surface area contributed by atoms with Crippen molar-refractivity contribution in [2.24, 2.45) is 0 Å². The van der Waals surface area contributed by atoms with Gasteiger partial charge in [-0.1, -0.05) is 86.8 Å². The van der Waals surface area contributed by atoms with Crippen LogP contribution in [-0.2, 0) is 9.59 Å². The van der Waals surface area contributed by atoms with Crippen LogP contribution < -0.4 is 14.5 Å². The Kier molecular flexibility index (Phi) is 9.91. The minimum Gasteiger partial charge on any atom is -0.497 e. The maximum atomic E-state index is 14.1. The van der Waals surface area contributed by atoms with E-state index in [4.69, 9.17) is 4.74 Å². The number of rotatable bonds is 11. The number of carbonyl (C=O) groups excluding carboxylic acids is 2. The molecule has 5 rings (SSSR count). The summed E-state index contributed by atoms with van der Waals surface area (Å²) >= 11 is 0. The lowest BCUT2D eigenvalue weighted by Crippen LogP contribution is -2.31. The maximum absolute atomic E-state index is 14.1. The number of imide groups is 1. The summed E-state index contributed by atoms with van der Waals surface area (Å²) in [5.41, 5.74) is 6.65. The van der Waals surface area contributed by atoms with Gasteiger partial charge in [0.15, 0.2) is 0 Å². The molecule has 0 saturated carbocycles. The normalized spacial score (nSPS) is 13.7. The Bertz CT molecular complexity index is 1770. The van der Waals surface area contributed by atoms with Gasteiger partial charge in [-0.3, -0.25) is 9.59 Å². The molecule has 0 bridgehead atoms. The minimum atomic E-state index is -0.350. The first-order valence-corrected chi connectivity index (χ1v) is 15.3. The van der Waals surface area contributed by atoms with Crippen LogP contribution in [-0.4, -0.2) is 25.5 Å². The van der Waals surface area contributed by atoms with Crippen molar-refractivity contribution in [3.8, 4) is 11.8 Å². The number of unbranched alkanes of at least 4 members (excludes halogenated alkanes) is 3. The summed E-state index contributed by atoms with van der Waals surface area (Å²) in [5.74, 6) is 0.0806. The highest BCUT2D eigenvalue weighted by Gasteiger charge is 2.37. The summed E-state index contributed by atoms with van der Waals surface area (Å²) in [4.78, 5) is 30.4. The molecule has 0 fully saturated rings. The molecule has 226 valence electrons. The van der Waals surface area contributed by atoms with Crippen molar-refractivity contribution in [1.29, 1.82) is 5.26 Å². The zero-order valence-electron chi connectivity index (χ0n) is 26.0. The lowest BCUT2D eigenvalue weighted by atomic mass is 9.93. The highest BCUT2D eigenvalue weighted by Crippen LogP contribution is 2.43. The van der Waals surface area contributed by atoms with Gasteiger partial charge < -0.3 is 9.64 Å². The fourth-order valence-corrected chi connectivity index (χ4v) is 5.72. The zero-order chi connectivity index (χ0) is 31.8. The fraction of sp³-hybridized carbons (Fsp3) is 0.205. The van der Waals surface area contributed by atoms with E-state index in [1.807, 2.05) is 103 Å². The molecule has 0 atom stereocenters. The van der Waals surface area contributed by atoms with Crippen molar-refractivity contribution in [2.45, 2.75) is 39.5 Å². The molecule has 0 radical (unpaired) electrons. The van der Waals surface area contributed by atoms with E-state index in [0.717, 1.165) is 60.5 Å². The van der Waals surface area contributed by atoms with Crippen molar-refractivity contribution >= 4 is 40.0 Å². The van der Waals surface area contributed by atoms with Crippen LogP contribution in [0.5, 0.6) is 5.75 Å². The van der Waals surface area contributed by atoms with Gasteiger partial charge in [-0.05, 0) is 71.7 Å². The van der Waals surface area contributed by atoms with E-state index in [0.29, 0.717) is 28.0 Å². The lowest BCUT2D eigenvalue weighted by molar-refractivity contribution is -0.122. The number of benzene rings is 4. The number of allylic oxidation sites excluding steroid dienone is 2. The van der Waals surface area contributed by atoms with Crippen LogP contribution in [0.15, 0.2) is 109 Å². The number of hydrogen-bond donors (Lipinski definition) is 0. The molecule has 0 saturated heterocycles. The van der Waals surface area contributed by atoms with Gasteiger partial charge in [0.25, 0.3) is 5.91 Å². The number of carbonyl (C=O) groups is 2. The van der Waals surface area contributed by atoms with E-state index in [1.165, 1.54) is 11.8 Å². The molecule has 6 heteroatoms. The molecular weight excluding hydrogens is 558 g/mol. The number of ether oxygens (including phenoxy) is 1. The predicted molar refractivity (Wildman–Crippen MR) is 181 cm³/mol. The Labute approximate surface area is 265 Å². The molecule has 2 amide bonds. The number of anilines is 2. The third-order valence-electron chi connectivity index (χ3n) is 8.00. The Morgan fingerprint density at radius 3 is 2.20 bits per heavy atom. The summed E-state index contributed by atoms with van der Waals surface area (Å²) in [6, 6.07) is 35.0. The first-order valence-electron chi connectivity index (χ1n) is 15.3. The summed E-state index contributed by atoms with van der Waals surface area (Å²) < 4.78 is 5.46. The molecule has 0 spiro atoms. The third-order valence-corrected chi connectivity index (χ3v) is 8.00. The minimum absolute atomic E-state index is 0.332. The van der Waals surface area contributed by atoms with Gasteiger partial charge in [-0.25, -0.2) is 4.90 Å². The van der Waals surface area contributed by atoms with Crippen LogP contribution in [0, 0.1) is 11.3 Å². The highest BCUT2D eigenvalue weighted by atomic mass is 16.5. The Morgan fingerprint density at radius 1 is 0.867 bits per heavy atom. The number of hydrogen-bond acceptors (Lipinski definition) is 5. The first-order chi connectivity index (χ1) is 22.0. The van der Waals surface area contributed by atoms with Gasteiger partial charge in [0.1, 0.15) is 5.75 Å². The second-order valence-corrected chi connectivity index (χ2v) is 11.0. The lowest BCUT2D eigenvalue weighted by Gasteiger charge is -2.29. The zero-order valence-corrected chi connectivity index (χ0v) is 26.0. The number of nitrogens with zero attached hydrogens (tertiary/aromatic N) is 3. The summed E-state index contributed by atoms with van der Waals surface area (Å²) in [7, 11) is 1.65. The van der Waals surface area contributed by atoms with E-state index in [-0.39, 0.29) is 11.8 Å². The molecule has 0 N–H and O–H groups in total. The Morgan fingerprint density at radius 2 is 1.56 bits per heavy atom. The van der Waals surface area contributed by atoms with E-state index >= 15 is 0 Å². The average Bonchev–Trinajstić information content (AvgIpc) is 3.38. The molecular formula is C39H37N3O3. The van der Waals surface area contributed by atoms with Crippen LogP contribution in [0.25, 0.3) is 16.8 Å². The SMILES string of the molecule is CCCCCCN(/C(=C\C(=C1\C(=O)N(C(C)=O)c2ccccc21)c1ccccc1)c1ccc(C#N)cc1)c1ccc(OC)cc1. The molecule has 45 heavy (non-hydrogen) atoms. The van der Waals surface area contributed by atoms with Crippen molar-refractivity contribution < 1.29 is 14.3 Å². The third kappa shape index (κ3) is 6.73. The van der Waals surface area contributed by atoms with E-state index < -0.39 is 0 Å². The predicted octanol–water partition coefficient (Wildman–Crippen LogP) is 8.50. The molecule has 0 aromatic heterocycles. The van der Waals surface area contributed by atoms with Crippen LogP contribution in [0.1, 0.15) is 61.8 Å². The topological polar surface area (TPSA) is 73.6 Å². The highest BCUT2D eigenvalue weighted by molar-refractivity contribution is 6.44. The van der Waals surface area contributed by atoms with Gasteiger partial charge in [-0.15, -0.1) is 0 Å². The molecule has 1 heterocycles. The number of amides is 2. The summed E-state index contributed by atoms with van der Waals surface area (Å²) in [5, 5.41) is 9.54. The monoisotopic (exact) mass is 595 g/mol. The fourth-order valence-electron chi connectivity index (χ4n) is 5.72. The van der Waals surface area contributed by atoms with Crippen LogP contribution >= 0.6 is 0 Å². The quantitative estimate of drug-likeness (QED) is 0.128. The molecule has 1 aliphatic heterocycles. The number of methoxy groups -OCH3 is 1. The number of nitriles is 1. The number of fused-ring (bicyclic) bond motifs is 1. The molecule has 0 unspecified atom stereocenters.